The Morgan fingerprint density at radius 3 is 2.85 bits per heavy atom. The van der Waals surface area contributed by atoms with Gasteiger partial charge in [-0.05, 0) is 5.92 Å². The zero-order valence-electron chi connectivity index (χ0n) is 11.7. The van der Waals surface area contributed by atoms with Crippen molar-refractivity contribution in [2.75, 3.05) is 6.54 Å². The first-order chi connectivity index (χ1) is 9.65. The molecule has 0 spiro atoms. The summed E-state index contributed by atoms with van der Waals surface area (Å²) in [4.78, 5) is 8.06. The van der Waals surface area contributed by atoms with Gasteiger partial charge in [0.25, 0.3) is 0 Å². The monoisotopic (exact) mass is 277 g/mol. The molecule has 0 bridgehead atoms. The van der Waals surface area contributed by atoms with Crippen LogP contribution in [0.2, 0.25) is 0 Å². The quantitative estimate of drug-likeness (QED) is 0.825. The van der Waals surface area contributed by atoms with Crippen LogP contribution >= 0.6 is 0 Å². The van der Waals surface area contributed by atoms with Gasteiger partial charge in [-0.2, -0.15) is 4.68 Å². The van der Waals surface area contributed by atoms with E-state index >= 15 is 0 Å². The number of nitrogens with zero attached hydrogens (tertiary/aromatic N) is 5. The summed E-state index contributed by atoms with van der Waals surface area (Å²) in [6.07, 6.45) is 3.21. The lowest BCUT2D eigenvalue weighted by Gasteiger charge is -2.12. The van der Waals surface area contributed by atoms with Crippen molar-refractivity contribution in [2.45, 2.75) is 33.4 Å². The van der Waals surface area contributed by atoms with E-state index in [4.69, 9.17) is 0 Å². The highest BCUT2D eigenvalue weighted by Crippen LogP contribution is 2.12. The molecule has 106 valence electrons. The Labute approximate surface area is 116 Å². The lowest BCUT2D eigenvalue weighted by Crippen LogP contribution is -2.42. The lowest BCUT2D eigenvalue weighted by molar-refractivity contribution is -0.676. The second kappa shape index (κ2) is 5.24. The van der Waals surface area contributed by atoms with Gasteiger partial charge in [0.05, 0.1) is 13.1 Å². The van der Waals surface area contributed by atoms with E-state index in [1.807, 2.05) is 4.68 Å². The van der Waals surface area contributed by atoms with E-state index in [9.17, 15) is 4.39 Å². The SMILES string of the molecule is CC(C)Cn1n[n+](-c2ncc(F)cn2)c2c1CNCC2. The summed E-state index contributed by atoms with van der Waals surface area (Å²) < 4.78 is 16.7. The Bertz CT molecular complexity index is 604. The van der Waals surface area contributed by atoms with Crippen LogP contribution in [0.15, 0.2) is 12.4 Å². The summed E-state index contributed by atoms with van der Waals surface area (Å²) in [5.41, 5.74) is 2.27. The number of nitrogens with one attached hydrogen (secondary N) is 1. The second-order valence-electron chi connectivity index (χ2n) is 5.40. The largest absolute Gasteiger partial charge is 0.408 e. The fourth-order valence-corrected chi connectivity index (χ4v) is 2.41. The van der Waals surface area contributed by atoms with Gasteiger partial charge >= 0.3 is 5.95 Å². The van der Waals surface area contributed by atoms with Gasteiger partial charge in [-0.15, -0.1) is 14.6 Å². The van der Waals surface area contributed by atoms with Crippen LogP contribution in [0, 0.1) is 11.7 Å². The molecule has 7 heteroatoms. The van der Waals surface area contributed by atoms with E-state index in [0.717, 1.165) is 37.4 Å². The summed E-state index contributed by atoms with van der Waals surface area (Å²) >= 11 is 0. The van der Waals surface area contributed by atoms with Gasteiger partial charge in [0.2, 0.25) is 0 Å². The first-order valence-corrected chi connectivity index (χ1v) is 6.84. The standard InChI is InChI=1S/C13H18FN6/c1-9(2)8-19-12-7-15-4-3-11(12)20(18-19)13-16-5-10(14)6-17-13/h5-6,9,15H,3-4,7-8H2,1-2H3/q+1. The van der Waals surface area contributed by atoms with Crippen molar-refractivity contribution in [3.8, 4) is 5.95 Å². The first-order valence-electron chi connectivity index (χ1n) is 6.84. The van der Waals surface area contributed by atoms with Gasteiger partial charge in [-0.25, -0.2) is 4.39 Å². The summed E-state index contributed by atoms with van der Waals surface area (Å²) in [5.74, 6) is 0.488. The Kier molecular flexibility index (Phi) is 3.43. The summed E-state index contributed by atoms with van der Waals surface area (Å²) in [7, 11) is 0. The number of rotatable bonds is 3. The minimum absolute atomic E-state index is 0.423. The molecule has 0 fully saturated rings. The van der Waals surface area contributed by atoms with Gasteiger partial charge in [0.1, 0.15) is 23.8 Å². The number of halogens is 1. The molecule has 0 saturated heterocycles. The summed E-state index contributed by atoms with van der Waals surface area (Å²) in [6.45, 7) is 6.86. The Balaban J connectivity index is 2.06. The lowest BCUT2D eigenvalue weighted by atomic mass is 10.1. The number of aromatic nitrogens is 5. The Hall–Kier alpha value is -1.89. The van der Waals surface area contributed by atoms with E-state index in [0.29, 0.717) is 11.9 Å². The van der Waals surface area contributed by atoms with Gasteiger partial charge in [-0.1, -0.05) is 13.8 Å². The zero-order chi connectivity index (χ0) is 14.1. The third-order valence-electron chi connectivity index (χ3n) is 3.26. The maximum atomic E-state index is 12.9. The normalized spacial score (nSPS) is 14.6. The summed E-state index contributed by atoms with van der Waals surface area (Å²) in [6, 6.07) is 0. The van der Waals surface area contributed by atoms with Crippen LogP contribution in [-0.4, -0.2) is 26.4 Å². The molecular formula is C13H18FN6+. The highest BCUT2D eigenvalue weighted by molar-refractivity contribution is 5.11. The zero-order valence-corrected chi connectivity index (χ0v) is 11.7. The van der Waals surface area contributed by atoms with Gasteiger partial charge in [0, 0.05) is 18.2 Å². The maximum absolute atomic E-state index is 12.9. The van der Waals surface area contributed by atoms with E-state index in [-0.39, 0.29) is 0 Å². The van der Waals surface area contributed by atoms with Crippen LogP contribution in [0.5, 0.6) is 0 Å². The molecular weight excluding hydrogens is 259 g/mol. The van der Waals surface area contributed by atoms with Crippen molar-refractivity contribution >= 4 is 0 Å². The molecule has 2 aromatic rings. The van der Waals surface area contributed by atoms with Crippen LogP contribution in [0.25, 0.3) is 5.95 Å². The molecule has 6 nitrogen and oxygen atoms in total. The number of hydrogen-bond donors (Lipinski definition) is 1. The van der Waals surface area contributed by atoms with Gasteiger partial charge in [-0.3, -0.25) is 0 Å². The smallest absolute Gasteiger partial charge is 0.310 e. The van der Waals surface area contributed by atoms with Crippen molar-refractivity contribution < 1.29 is 9.07 Å². The highest BCUT2D eigenvalue weighted by Gasteiger charge is 2.27. The molecule has 1 aliphatic rings. The predicted octanol–water partition coefficient (Wildman–Crippen LogP) is 0.391. The van der Waals surface area contributed by atoms with Crippen LogP contribution < -0.4 is 10.00 Å². The molecule has 3 heterocycles. The average Bonchev–Trinajstić information content (AvgIpc) is 2.78. The minimum atomic E-state index is -0.438. The highest BCUT2D eigenvalue weighted by atomic mass is 19.1. The van der Waals surface area contributed by atoms with Crippen LogP contribution in [0.3, 0.4) is 0 Å². The molecule has 2 aromatic heterocycles. The van der Waals surface area contributed by atoms with Gasteiger partial charge in [0.15, 0.2) is 5.82 Å². The van der Waals surface area contributed by atoms with Crippen molar-refractivity contribution in [3.63, 3.8) is 0 Å². The van der Waals surface area contributed by atoms with Crippen molar-refractivity contribution in [2.24, 2.45) is 5.92 Å². The van der Waals surface area contributed by atoms with Crippen molar-refractivity contribution in [3.05, 3.63) is 29.6 Å². The number of hydrogen-bond acceptors (Lipinski definition) is 4. The molecule has 0 aliphatic carbocycles. The Morgan fingerprint density at radius 1 is 1.40 bits per heavy atom. The summed E-state index contributed by atoms with van der Waals surface area (Å²) in [5, 5.41) is 7.93. The van der Waals surface area contributed by atoms with E-state index in [1.165, 1.54) is 12.4 Å². The van der Waals surface area contributed by atoms with Crippen molar-refractivity contribution in [1.29, 1.82) is 0 Å². The molecule has 0 radical (unpaired) electrons. The first kappa shape index (κ1) is 13.1. The van der Waals surface area contributed by atoms with E-state index in [1.54, 1.807) is 4.68 Å². The fourth-order valence-electron chi connectivity index (χ4n) is 2.41. The fraction of sp³-hybridized carbons (Fsp3) is 0.538. The molecule has 0 aromatic carbocycles. The van der Waals surface area contributed by atoms with Crippen LogP contribution in [0.1, 0.15) is 25.2 Å². The maximum Gasteiger partial charge on any atom is 0.408 e. The Morgan fingerprint density at radius 2 is 2.15 bits per heavy atom. The van der Waals surface area contributed by atoms with Gasteiger partial charge < -0.3 is 5.32 Å². The molecule has 1 N–H and O–H groups in total. The molecule has 0 amide bonds. The molecule has 0 unspecified atom stereocenters. The average molecular weight is 277 g/mol. The number of fused-ring (bicyclic) bond motifs is 1. The molecule has 20 heavy (non-hydrogen) atoms. The molecule has 0 saturated carbocycles. The van der Waals surface area contributed by atoms with Crippen LogP contribution in [-0.2, 0) is 19.5 Å². The van der Waals surface area contributed by atoms with Crippen LogP contribution in [0.4, 0.5) is 4.39 Å². The van der Waals surface area contributed by atoms with E-state index in [2.05, 4.69) is 34.3 Å². The predicted molar refractivity (Wildman–Crippen MR) is 69.6 cm³/mol. The molecule has 0 atom stereocenters. The topological polar surface area (TPSA) is 59.5 Å². The van der Waals surface area contributed by atoms with Crippen molar-refractivity contribution in [1.82, 2.24) is 25.2 Å². The second-order valence-corrected chi connectivity index (χ2v) is 5.40. The third kappa shape index (κ3) is 2.40. The molecule has 3 rings (SSSR count). The minimum Gasteiger partial charge on any atom is -0.310 e. The van der Waals surface area contributed by atoms with E-state index < -0.39 is 5.82 Å². The third-order valence-corrected chi connectivity index (χ3v) is 3.26. The molecule has 1 aliphatic heterocycles.